The first-order chi connectivity index (χ1) is 13.4. The van der Waals surface area contributed by atoms with Crippen LogP contribution in [0, 0.1) is 10.1 Å². The highest BCUT2D eigenvalue weighted by atomic mass is 32.1. The molecule has 0 heterocycles. The zero-order valence-electron chi connectivity index (χ0n) is 14.9. The smallest absolute Gasteiger partial charge is 0.269 e. The standard InChI is InChI=1S/C18H18N4O5S/c1-27-11-10-19-16(23)12-2-6-14(7-3-12)20-18(28)21-17(24)13-4-8-15(9-5-13)22(25)26/h2-9H,10-11H2,1H3,(H,19,23)(H2,20,21,24,28). The molecule has 0 atom stereocenters. The summed E-state index contributed by atoms with van der Waals surface area (Å²) in [5.74, 6) is -0.723. The second-order valence-electron chi connectivity index (χ2n) is 5.54. The van der Waals surface area contributed by atoms with Gasteiger partial charge in [0.2, 0.25) is 0 Å². The molecule has 0 aliphatic heterocycles. The van der Waals surface area contributed by atoms with E-state index >= 15 is 0 Å². The zero-order valence-corrected chi connectivity index (χ0v) is 15.7. The fourth-order valence-electron chi connectivity index (χ4n) is 2.15. The number of rotatable bonds is 7. The number of anilines is 1. The number of benzene rings is 2. The molecule has 0 radical (unpaired) electrons. The van der Waals surface area contributed by atoms with Crippen molar-refractivity contribution in [2.24, 2.45) is 0 Å². The van der Waals surface area contributed by atoms with E-state index in [0.717, 1.165) is 0 Å². The summed E-state index contributed by atoms with van der Waals surface area (Å²) in [4.78, 5) is 34.1. The van der Waals surface area contributed by atoms with Gasteiger partial charge in [-0.1, -0.05) is 0 Å². The molecule has 0 unspecified atom stereocenters. The fourth-order valence-corrected chi connectivity index (χ4v) is 2.36. The van der Waals surface area contributed by atoms with E-state index in [4.69, 9.17) is 17.0 Å². The van der Waals surface area contributed by atoms with E-state index in [1.165, 1.54) is 24.3 Å². The van der Waals surface area contributed by atoms with E-state index in [2.05, 4.69) is 16.0 Å². The van der Waals surface area contributed by atoms with Gasteiger partial charge in [-0.25, -0.2) is 0 Å². The van der Waals surface area contributed by atoms with Gasteiger partial charge >= 0.3 is 0 Å². The third-order valence-electron chi connectivity index (χ3n) is 3.56. The summed E-state index contributed by atoms with van der Waals surface area (Å²) in [6, 6.07) is 11.7. The summed E-state index contributed by atoms with van der Waals surface area (Å²) in [5.41, 5.74) is 1.19. The lowest BCUT2D eigenvalue weighted by atomic mass is 10.2. The van der Waals surface area contributed by atoms with Crippen LogP contribution in [0.4, 0.5) is 11.4 Å². The Labute approximate surface area is 166 Å². The van der Waals surface area contributed by atoms with Gasteiger partial charge in [0.1, 0.15) is 0 Å². The molecular weight excluding hydrogens is 384 g/mol. The van der Waals surface area contributed by atoms with E-state index < -0.39 is 10.8 Å². The van der Waals surface area contributed by atoms with Crippen molar-refractivity contribution in [2.75, 3.05) is 25.6 Å². The van der Waals surface area contributed by atoms with Crippen LogP contribution in [0.15, 0.2) is 48.5 Å². The van der Waals surface area contributed by atoms with Gasteiger partial charge in [0.25, 0.3) is 17.5 Å². The van der Waals surface area contributed by atoms with Crippen molar-refractivity contribution < 1.29 is 19.2 Å². The Morgan fingerprint density at radius 1 is 1.04 bits per heavy atom. The topological polar surface area (TPSA) is 123 Å². The molecule has 146 valence electrons. The molecule has 0 saturated heterocycles. The van der Waals surface area contributed by atoms with Gasteiger partial charge in [0, 0.05) is 42.6 Å². The van der Waals surface area contributed by atoms with Gasteiger partial charge in [0.15, 0.2) is 5.11 Å². The molecule has 3 N–H and O–H groups in total. The van der Waals surface area contributed by atoms with E-state index in [-0.39, 0.29) is 22.3 Å². The number of nitro benzene ring substituents is 1. The van der Waals surface area contributed by atoms with E-state index in [9.17, 15) is 19.7 Å². The number of nitro groups is 1. The van der Waals surface area contributed by atoms with Crippen LogP contribution in [0.2, 0.25) is 0 Å². The van der Waals surface area contributed by atoms with Crippen LogP contribution in [0.3, 0.4) is 0 Å². The first kappa shape index (κ1) is 20.9. The number of ether oxygens (including phenoxy) is 1. The Morgan fingerprint density at radius 3 is 2.18 bits per heavy atom. The third kappa shape index (κ3) is 6.11. The van der Waals surface area contributed by atoms with Crippen molar-refractivity contribution >= 4 is 40.5 Å². The molecule has 0 aliphatic carbocycles. The molecule has 10 heteroatoms. The molecule has 9 nitrogen and oxygen atoms in total. The number of amides is 2. The van der Waals surface area contributed by atoms with Crippen LogP contribution >= 0.6 is 12.2 Å². The minimum Gasteiger partial charge on any atom is -0.383 e. The number of methoxy groups -OCH3 is 1. The van der Waals surface area contributed by atoms with Gasteiger partial charge in [-0.2, -0.15) is 0 Å². The summed E-state index contributed by atoms with van der Waals surface area (Å²) in [6.45, 7) is 0.836. The average molecular weight is 402 g/mol. The lowest BCUT2D eigenvalue weighted by Crippen LogP contribution is -2.34. The maximum atomic E-state index is 12.1. The number of non-ortho nitro benzene ring substituents is 1. The van der Waals surface area contributed by atoms with Crippen molar-refractivity contribution in [3.05, 3.63) is 69.8 Å². The number of thiocarbonyl (C=S) groups is 1. The number of carbonyl (C=O) groups is 2. The summed E-state index contributed by atoms with van der Waals surface area (Å²) >= 11 is 5.09. The quantitative estimate of drug-likeness (QED) is 0.280. The maximum absolute atomic E-state index is 12.1. The van der Waals surface area contributed by atoms with Crippen LogP contribution in [0.5, 0.6) is 0 Å². The van der Waals surface area contributed by atoms with Crippen LogP contribution in [0.25, 0.3) is 0 Å². The van der Waals surface area contributed by atoms with E-state index in [1.54, 1.807) is 31.4 Å². The second-order valence-corrected chi connectivity index (χ2v) is 5.95. The highest BCUT2D eigenvalue weighted by molar-refractivity contribution is 7.80. The Morgan fingerprint density at radius 2 is 1.61 bits per heavy atom. The largest absolute Gasteiger partial charge is 0.383 e. The van der Waals surface area contributed by atoms with Crippen LogP contribution in [-0.4, -0.2) is 42.1 Å². The van der Waals surface area contributed by atoms with Crippen molar-refractivity contribution in [3.63, 3.8) is 0 Å². The van der Waals surface area contributed by atoms with Crippen LogP contribution in [0.1, 0.15) is 20.7 Å². The molecule has 0 aromatic heterocycles. The summed E-state index contributed by atoms with van der Waals surface area (Å²) in [7, 11) is 1.55. The summed E-state index contributed by atoms with van der Waals surface area (Å²) in [5, 5.41) is 18.7. The summed E-state index contributed by atoms with van der Waals surface area (Å²) in [6.07, 6.45) is 0. The monoisotopic (exact) mass is 402 g/mol. The molecular formula is C18H18N4O5S. The average Bonchev–Trinajstić information content (AvgIpc) is 2.68. The first-order valence-corrected chi connectivity index (χ1v) is 8.55. The molecule has 2 amide bonds. The Balaban J connectivity index is 1.89. The van der Waals surface area contributed by atoms with Crippen molar-refractivity contribution in [3.8, 4) is 0 Å². The Bertz CT molecular complexity index is 869. The Kier molecular flexibility index (Phi) is 7.55. The highest BCUT2D eigenvalue weighted by Crippen LogP contribution is 2.12. The predicted octanol–water partition coefficient (Wildman–Crippen LogP) is 2.10. The lowest BCUT2D eigenvalue weighted by Gasteiger charge is -2.10. The normalized spacial score (nSPS) is 10.0. The van der Waals surface area contributed by atoms with Crippen molar-refractivity contribution in [1.29, 1.82) is 0 Å². The van der Waals surface area contributed by atoms with Crippen molar-refractivity contribution in [2.45, 2.75) is 0 Å². The molecule has 2 aromatic rings. The van der Waals surface area contributed by atoms with Crippen LogP contribution < -0.4 is 16.0 Å². The number of hydrogen-bond acceptors (Lipinski definition) is 6. The van der Waals surface area contributed by atoms with Gasteiger partial charge in [-0.05, 0) is 48.6 Å². The third-order valence-corrected chi connectivity index (χ3v) is 3.77. The van der Waals surface area contributed by atoms with E-state index in [0.29, 0.717) is 24.4 Å². The van der Waals surface area contributed by atoms with Crippen molar-refractivity contribution in [1.82, 2.24) is 10.6 Å². The molecule has 0 bridgehead atoms. The highest BCUT2D eigenvalue weighted by Gasteiger charge is 2.11. The van der Waals surface area contributed by atoms with E-state index in [1.807, 2.05) is 0 Å². The predicted molar refractivity (Wildman–Crippen MR) is 107 cm³/mol. The minimum atomic E-state index is -0.546. The molecule has 28 heavy (non-hydrogen) atoms. The maximum Gasteiger partial charge on any atom is 0.269 e. The SMILES string of the molecule is COCCNC(=O)c1ccc(NC(=S)NC(=O)c2ccc([N+](=O)[O-])cc2)cc1. The Hall–Kier alpha value is -3.37. The molecule has 2 aromatic carbocycles. The molecule has 2 rings (SSSR count). The molecule has 0 aliphatic rings. The number of nitrogens with one attached hydrogen (secondary N) is 3. The molecule has 0 fully saturated rings. The molecule has 0 saturated carbocycles. The van der Waals surface area contributed by atoms with Crippen LogP contribution in [-0.2, 0) is 4.74 Å². The van der Waals surface area contributed by atoms with Gasteiger partial charge in [-0.15, -0.1) is 0 Å². The number of nitrogens with zero attached hydrogens (tertiary/aromatic N) is 1. The second kappa shape index (κ2) is 10.1. The fraction of sp³-hybridized carbons (Fsp3) is 0.167. The zero-order chi connectivity index (χ0) is 20.5. The number of hydrogen-bond donors (Lipinski definition) is 3. The van der Waals surface area contributed by atoms with Gasteiger partial charge in [-0.3, -0.25) is 25.0 Å². The summed E-state index contributed by atoms with van der Waals surface area (Å²) < 4.78 is 4.87. The number of carbonyl (C=O) groups excluding carboxylic acids is 2. The first-order valence-electron chi connectivity index (χ1n) is 8.14. The minimum absolute atomic E-state index is 0.0562. The van der Waals surface area contributed by atoms with Gasteiger partial charge < -0.3 is 15.4 Å². The van der Waals surface area contributed by atoms with Gasteiger partial charge in [0.05, 0.1) is 11.5 Å². The lowest BCUT2D eigenvalue weighted by molar-refractivity contribution is -0.384. The molecule has 0 spiro atoms.